The molecule has 0 aliphatic carbocycles. The monoisotopic (exact) mass is 259 g/mol. The van der Waals surface area contributed by atoms with E-state index in [0.717, 1.165) is 16.9 Å². The van der Waals surface area contributed by atoms with Gasteiger partial charge in [0.2, 0.25) is 0 Å². The Morgan fingerprint density at radius 1 is 1.38 bits per heavy atom. The maximum Gasteiger partial charge on any atom is 0.297 e. The Balaban J connectivity index is 2.05. The van der Waals surface area contributed by atoms with E-state index in [-0.39, 0.29) is 6.54 Å². The number of para-hydroxylation sites is 2. The molecule has 1 heterocycles. The van der Waals surface area contributed by atoms with E-state index < -0.39 is 9.24 Å². The summed E-state index contributed by atoms with van der Waals surface area (Å²) < 4.78 is 23.4. The van der Waals surface area contributed by atoms with Gasteiger partial charge in [0.15, 0.2) is 0 Å². The molecular weight excluding hydrogens is 250 g/mol. The van der Waals surface area contributed by atoms with Crippen LogP contribution in [0.25, 0.3) is 11.0 Å². The zero-order valence-electron chi connectivity index (χ0n) is 8.27. The van der Waals surface area contributed by atoms with Crippen molar-refractivity contribution < 1.29 is 8.42 Å². The van der Waals surface area contributed by atoms with Crippen LogP contribution < -0.4 is 4.72 Å². The van der Waals surface area contributed by atoms with Gasteiger partial charge in [-0.05, 0) is 12.1 Å². The molecule has 0 fully saturated rings. The number of rotatable bonds is 4. The third kappa shape index (κ3) is 2.94. The summed E-state index contributed by atoms with van der Waals surface area (Å²) in [5, 5.41) is 0. The van der Waals surface area contributed by atoms with Gasteiger partial charge in [0, 0.05) is 23.6 Å². The lowest BCUT2D eigenvalue weighted by atomic mass is 10.3. The molecule has 5 nitrogen and oxygen atoms in total. The second-order valence-electron chi connectivity index (χ2n) is 3.28. The third-order valence-electron chi connectivity index (χ3n) is 2.07. The van der Waals surface area contributed by atoms with Crippen LogP contribution in [0.5, 0.6) is 0 Å². The molecule has 0 bridgehead atoms. The largest absolute Gasteiger partial charge is 0.342 e. The fraction of sp³-hybridized carbons (Fsp3) is 0.222. The van der Waals surface area contributed by atoms with Crippen molar-refractivity contribution in [2.45, 2.75) is 6.42 Å². The topological polar surface area (TPSA) is 74.8 Å². The molecule has 0 saturated heterocycles. The molecule has 1 aromatic carbocycles. The molecule has 0 unspecified atom stereocenters. The Morgan fingerprint density at radius 2 is 2.12 bits per heavy atom. The Hall–Kier alpha value is -1.11. The van der Waals surface area contributed by atoms with Gasteiger partial charge in [0.25, 0.3) is 9.24 Å². The molecule has 2 rings (SSSR count). The van der Waals surface area contributed by atoms with Crippen molar-refractivity contribution in [3.05, 3.63) is 30.1 Å². The molecule has 0 amide bonds. The molecule has 0 radical (unpaired) electrons. The van der Waals surface area contributed by atoms with Crippen molar-refractivity contribution in [3.63, 3.8) is 0 Å². The molecule has 0 aliphatic rings. The van der Waals surface area contributed by atoms with Crippen LogP contribution in [-0.4, -0.2) is 24.9 Å². The van der Waals surface area contributed by atoms with E-state index in [4.69, 9.17) is 10.7 Å². The quantitative estimate of drug-likeness (QED) is 0.810. The smallest absolute Gasteiger partial charge is 0.297 e. The van der Waals surface area contributed by atoms with Crippen molar-refractivity contribution in [1.82, 2.24) is 14.7 Å². The summed E-state index contributed by atoms with van der Waals surface area (Å²) in [6.45, 7) is 0.228. The minimum atomic E-state index is -3.64. The van der Waals surface area contributed by atoms with Crippen LogP contribution in [0.4, 0.5) is 0 Å². The molecule has 86 valence electrons. The van der Waals surface area contributed by atoms with Crippen LogP contribution in [0.15, 0.2) is 24.3 Å². The minimum absolute atomic E-state index is 0.228. The fourth-order valence-electron chi connectivity index (χ4n) is 1.42. The van der Waals surface area contributed by atoms with Crippen molar-refractivity contribution >= 4 is 31.0 Å². The van der Waals surface area contributed by atoms with E-state index in [1.54, 1.807) is 0 Å². The Kier molecular flexibility index (Phi) is 3.13. The molecule has 2 aromatic rings. The molecule has 16 heavy (non-hydrogen) atoms. The summed E-state index contributed by atoms with van der Waals surface area (Å²) in [7, 11) is 1.36. The van der Waals surface area contributed by atoms with Crippen molar-refractivity contribution in [3.8, 4) is 0 Å². The summed E-state index contributed by atoms with van der Waals surface area (Å²) >= 11 is 0. The highest BCUT2D eigenvalue weighted by atomic mass is 35.7. The summed E-state index contributed by atoms with van der Waals surface area (Å²) in [6, 6.07) is 7.61. The second-order valence-corrected chi connectivity index (χ2v) is 5.67. The zero-order valence-corrected chi connectivity index (χ0v) is 9.85. The van der Waals surface area contributed by atoms with Crippen molar-refractivity contribution in [1.29, 1.82) is 0 Å². The predicted octanol–water partition coefficient (Wildman–Crippen LogP) is 1.18. The number of aromatic nitrogens is 2. The van der Waals surface area contributed by atoms with E-state index in [9.17, 15) is 8.42 Å². The van der Waals surface area contributed by atoms with E-state index in [1.165, 1.54) is 0 Å². The van der Waals surface area contributed by atoms with E-state index in [0.29, 0.717) is 6.42 Å². The molecule has 0 aliphatic heterocycles. The van der Waals surface area contributed by atoms with Crippen LogP contribution in [0.3, 0.4) is 0 Å². The number of hydrogen-bond acceptors (Lipinski definition) is 3. The maximum atomic E-state index is 10.6. The molecule has 0 saturated carbocycles. The van der Waals surface area contributed by atoms with Crippen LogP contribution in [-0.2, 0) is 15.7 Å². The van der Waals surface area contributed by atoms with E-state index >= 15 is 0 Å². The SMILES string of the molecule is O=S(=O)(Cl)NCCc1nc2ccccc2[nH]1. The van der Waals surface area contributed by atoms with Gasteiger partial charge in [-0.15, -0.1) is 0 Å². The normalized spacial score (nSPS) is 12.1. The third-order valence-corrected chi connectivity index (χ3v) is 2.95. The van der Waals surface area contributed by atoms with Crippen molar-refractivity contribution in [2.24, 2.45) is 0 Å². The van der Waals surface area contributed by atoms with Gasteiger partial charge in [0.05, 0.1) is 11.0 Å². The Bertz CT molecular complexity index is 561. The summed E-state index contributed by atoms with van der Waals surface area (Å²) in [4.78, 5) is 7.39. The van der Waals surface area contributed by atoms with Gasteiger partial charge < -0.3 is 4.98 Å². The van der Waals surface area contributed by atoms with Gasteiger partial charge in [0.1, 0.15) is 5.82 Å². The molecule has 7 heteroatoms. The highest BCUT2D eigenvalue weighted by Gasteiger charge is 2.05. The summed E-state index contributed by atoms with van der Waals surface area (Å²) in [5.41, 5.74) is 1.80. The van der Waals surface area contributed by atoms with Crippen LogP contribution in [0, 0.1) is 0 Å². The summed E-state index contributed by atoms with van der Waals surface area (Å²) in [5.74, 6) is 0.731. The number of H-pyrrole nitrogens is 1. The highest BCUT2D eigenvalue weighted by molar-refractivity contribution is 8.12. The average Bonchev–Trinajstić information content (AvgIpc) is 2.57. The van der Waals surface area contributed by atoms with Gasteiger partial charge in [-0.3, -0.25) is 0 Å². The lowest BCUT2D eigenvalue weighted by Crippen LogP contribution is -2.21. The second kappa shape index (κ2) is 4.40. The number of benzene rings is 1. The minimum Gasteiger partial charge on any atom is -0.342 e. The first-order chi connectivity index (χ1) is 7.54. The van der Waals surface area contributed by atoms with E-state index in [2.05, 4.69) is 14.7 Å². The highest BCUT2D eigenvalue weighted by Crippen LogP contribution is 2.10. The van der Waals surface area contributed by atoms with Crippen LogP contribution in [0.2, 0.25) is 0 Å². The fourth-order valence-corrected chi connectivity index (χ4v) is 1.99. The first kappa shape index (κ1) is 11.4. The Labute approximate surface area is 97.4 Å². The van der Waals surface area contributed by atoms with Gasteiger partial charge in [-0.1, -0.05) is 12.1 Å². The van der Waals surface area contributed by atoms with Gasteiger partial charge >= 0.3 is 0 Å². The number of fused-ring (bicyclic) bond motifs is 1. The number of aromatic amines is 1. The average molecular weight is 260 g/mol. The Morgan fingerprint density at radius 3 is 2.81 bits per heavy atom. The molecule has 0 spiro atoms. The standard InChI is InChI=1S/C9H10ClN3O2S/c10-16(14,15)11-6-5-9-12-7-3-1-2-4-8(7)13-9/h1-4,11H,5-6H2,(H,12,13). The summed E-state index contributed by atoms with van der Waals surface area (Å²) in [6.07, 6.45) is 0.473. The molecule has 1 aromatic heterocycles. The van der Waals surface area contributed by atoms with Gasteiger partial charge in [-0.2, -0.15) is 8.42 Å². The molecule has 2 N–H and O–H groups in total. The maximum absolute atomic E-state index is 10.6. The first-order valence-corrected chi connectivity index (χ1v) is 6.98. The first-order valence-electron chi connectivity index (χ1n) is 4.67. The van der Waals surface area contributed by atoms with E-state index in [1.807, 2.05) is 24.3 Å². The molecule has 0 atom stereocenters. The number of imidazole rings is 1. The number of hydrogen-bond donors (Lipinski definition) is 2. The number of nitrogens with zero attached hydrogens (tertiary/aromatic N) is 1. The van der Waals surface area contributed by atoms with Crippen molar-refractivity contribution in [2.75, 3.05) is 6.54 Å². The lowest BCUT2D eigenvalue weighted by Gasteiger charge is -1.97. The number of halogens is 1. The zero-order chi connectivity index (χ0) is 11.6. The van der Waals surface area contributed by atoms with Crippen LogP contribution in [0.1, 0.15) is 5.82 Å². The van der Waals surface area contributed by atoms with Gasteiger partial charge in [-0.25, -0.2) is 9.71 Å². The lowest BCUT2D eigenvalue weighted by molar-refractivity contribution is 0.595. The van der Waals surface area contributed by atoms with Crippen LogP contribution >= 0.6 is 10.7 Å². The number of nitrogens with one attached hydrogen (secondary N) is 2. The predicted molar refractivity (Wildman–Crippen MR) is 62.6 cm³/mol. The molecular formula is C9H10ClN3O2S.